The lowest BCUT2D eigenvalue weighted by molar-refractivity contribution is -0.121. The Kier molecular flexibility index (Phi) is 4.55. The number of thiophene rings is 1. The van der Waals surface area contributed by atoms with Gasteiger partial charge in [0.15, 0.2) is 0 Å². The number of carbonyl (C=O) groups excluding carboxylic acids is 1. The Hall–Kier alpha value is -3.26. The van der Waals surface area contributed by atoms with Crippen LogP contribution in [0.4, 0.5) is 0 Å². The van der Waals surface area contributed by atoms with Gasteiger partial charge in [-0.05, 0) is 30.0 Å². The summed E-state index contributed by atoms with van der Waals surface area (Å²) in [6, 6.07) is 9.61. The van der Waals surface area contributed by atoms with Gasteiger partial charge in [0.05, 0.1) is 17.5 Å². The first-order valence-electron chi connectivity index (χ1n) is 8.41. The van der Waals surface area contributed by atoms with Crippen LogP contribution in [0.5, 0.6) is 0 Å². The van der Waals surface area contributed by atoms with Crippen molar-refractivity contribution in [3.8, 4) is 5.69 Å². The van der Waals surface area contributed by atoms with Crippen LogP contribution in [0, 0.1) is 6.92 Å². The van der Waals surface area contributed by atoms with E-state index in [2.05, 4.69) is 15.3 Å². The van der Waals surface area contributed by atoms with E-state index in [1.807, 2.05) is 47.3 Å². The van der Waals surface area contributed by atoms with Crippen molar-refractivity contribution in [3.05, 3.63) is 76.2 Å². The molecule has 3 aromatic heterocycles. The highest BCUT2D eigenvalue weighted by Crippen LogP contribution is 2.16. The molecule has 1 amide bonds. The summed E-state index contributed by atoms with van der Waals surface area (Å²) in [5.41, 5.74) is 2.39. The highest BCUT2D eigenvalue weighted by Gasteiger charge is 2.11. The largest absolute Gasteiger partial charge is 0.350 e. The lowest BCUT2D eigenvalue weighted by Crippen LogP contribution is -2.32. The molecule has 0 aliphatic rings. The molecule has 0 atom stereocenters. The zero-order valence-corrected chi connectivity index (χ0v) is 15.4. The van der Waals surface area contributed by atoms with Crippen molar-refractivity contribution in [2.75, 3.05) is 0 Å². The van der Waals surface area contributed by atoms with E-state index in [-0.39, 0.29) is 18.0 Å². The van der Waals surface area contributed by atoms with Crippen LogP contribution < -0.4 is 10.9 Å². The minimum Gasteiger partial charge on any atom is -0.350 e. The maximum absolute atomic E-state index is 12.4. The van der Waals surface area contributed by atoms with Crippen molar-refractivity contribution >= 4 is 27.5 Å². The normalized spacial score (nSPS) is 11.0. The lowest BCUT2D eigenvalue weighted by atomic mass is 10.1. The molecule has 0 aliphatic heterocycles. The van der Waals surface area contributed by atoms with Gasteiger partial charge in [-0.3, -0.25) is 14.2 Å². The van der Waals surface area contributed by atoms with Gasteiger partial charge in [-0.1, -0.05) is 18.2 Å². The van der Waals surface area contributed by atoms with E-state index in [1.165, 1.54) is 22.2 Å². The molecule has 3 heterocycles. The number of imidazole rings is 1. The Morgan fingerprint density at radius 3 is 2.89 bits per heavy atom. The number of fused-ring (bicyclic) bond motifs is 1. The molecule has 0 bridgehead atoms. The van der Waals surface area contributed by atoms with Crippen molar-refractivity contribution in [3.63, 3.8) is 0 Å². The summed E-state index contributed by atoms with van der Waals surface area (Å²) in [6.45, 7) is 2.22. The Balaban J connectivity index is 1.49. The highest BCUT2D eigenvalue weighted by molar-refractivity contribution is 7.17. The summed E-state index contributed by atoms with van der Waals surface area (Å²) in [6.07, 6.45) is 5.04. The molecule has 0 spiro atoms. The Morgan fingerprint density at radius 2 is 2.07 bits per heavy atom. The van der Waals surface area contributed by atoms with Crippen molar-refractivity contribution in [1.82, 2.24) is 24.4 Å². The molecule has 0 aliphatic carbocycles. The third-order valence-electron chi connectivity index (χ3n) is 4.30. The lowest BCUT2D eigenvalue weighted by Gasteiger charge is -2.13. The second-order valence-electron chi connectivity index (χ2n) is 6.06. The molecule has 7 nitrogen and oxygen atoms in total. The third-order valence-corrected chi connectivity index (χ3v) is 5.19. The second-order valence-corrected chi connectivity index (χ2v) is 6.98. The van der Waals surface area contributed by atoms with Gasteiger partial charge >= 0.3 is 0 Å². The standard InChI is InChI=1S/C19H17N5O2S/c1-13-20-7-8-24(13)16-5-3-2-4-14(16)10-21-17(25)11-23-12-22-15-6-9-27-18(15)19(23)26/h2-9,12H,10-11H2,1H3,(H,21,25). The predicted molar refractivity (Wildman–Crippen MR) is 104 cm³/mol. The molecule has 8 heteroatoms. The molecule has 0 radical (unpaired) electrons. The monoisotopic (exact) mass is 379 g/mol. The molecule has 27 heavy (non-hydrogen) atoms. The number of nitrogens with zero attached hydrogens (tertiary/aromatic N) is 4. The van der Waals surface area contributed by atoms with E-state index in [0.717, 1.165) is 17.1 Å². The van der Waals surface area contributed by atoms with Gasteiger partial charge < -0.3 is 9.88 Å². The number of aryl methyl sites for hydroxylation is 1. The molecule has 0 unspecified atom stereocenters. The number of aromatic nitrogens is 4. The van der Waals surface area contributed by atoms with Crippen molar-refractivity contribution in [1.29, 1.82) is 0 Å². The van der Waals surface area contributed by atoms with Crippen molar-refractivity contribution < 1.29 is 4.79 Å². The maximum atomic E-state index is 12.4. The van der Waals surface area contributed by atoms with Crippen LogP contribution in [0.2, 0.25) is 0 Å². The van der Waals surface area contributed by atoms with Crippen LogP contribution in [0.3, 0.4) is 0 Å². The number of amides is 1. The fourth-order valence-corrected chi connectivity index (χ4v) is 3.72. The quantitative estimate of drug-likeness (QED) is 0.577. The van der Waals surface area contributed by atoms with E-state index < -0.39 is 0 Å². The number of rotatable bonds is 5. The van der Waals surface area contributed by atoms with Crippen LogP contribution in [-0.4, -0.2) is 25.0 Å². The van der Waals surface area contributed by atoms with E-state index in [0.29, 0.717) is 16.8 Å². The minimum absolute atomic E-state index is 0.0635. The third kappa shape index (κ3) is 3.39. The van der Waals surface area contributed by atoms with Crippen LogP contribution in [-0.2, 0) is 17.9 Å². The number of carbonyl (C=O) groups is 1. The van der Waals surface area contributed by atoms with Gasteiger partial charge in [-0.2, -0.15) is 0 Å². The molecule has 4 rings (SSSR count). The van der Waals surface area contributed by atoms with E-state index in [1.54, 1.807) is 12.3 Å². The smallest absolute Gasteiger partial charge is 0.271 e. The van der Waals surface area contributed by atoms with Gasteiger partial charge in [0.2, 0.25) is 5.91 Å². The summed E-state index contributed by atoms with van der Waals surface area (Å²) in [5.74, 6) is 0.627. The Labute approximate surface area is 158 Å². The first-order chi connectivity index (χ1) is 13.1. The van der Waals surface area contributed by atoms with Crippen LogP contribution in [0.15, 0.2) is 59.2 Å². The molecule has 0 fully saturated rings. The average molecular weight is 379 g/mol. The molecule has 1 aromatic carbocycles. The highest BCUT2D eigenvalue weighted by atomic mass is 32.1. The molecular weight excluding hydrogens is 362 g/mol. The molecule has 136 valence electrons. The topological polar surface area (TPSA) is 81.8 Å². The molecule has 4 aromatic rings. The molecule has 1 N–H and O–H groups in total. The van der Waals surface area contributed by atoms with Crippen LogP contribution in [0.1, 0.15) is 11.4 Å². The van der Waals surface area contributed by atoms with Crippen LogP contribution in [0.25, 0.3) is 15.9 Å². The fraction of sp³-hybridized carbons (Fsp3) is 0.158. The van der Waals surface area contributed by atoms with Gasteiger partial charge in [0, 0.05) is 18.9 Å². The Bertz CT molecular complexity index is 1170. The average Bonchev–Trinajstić information content (AvgIpc) is 3.32. The van der Waals surface area contributed by atoms with Gasteiger partial charge in [0.25, 0.3) is 5.56 Å². The minimum atomic E-state index is -0.244. The summed E-state index contributed by atoms with van der Waals surface area (Å²) >= 11 is 1.33. The summed E-state index contributed by atoms with van der Waals surface area (Å²) < 4.78 is 3.87. The number of nitrogens with one attached hydrogen (secondary N) is 1. The van der Waals surface area contributed by atoms with E-state index >= 15 is 0 Å². The summed E-state index contributed by atoms with van der Waals surface area (Å²) in [7, 11) is 0. The fourth-order valence-electron chi connectivity index (χ4n) is 2.92. The molecular formula is C19H17N5O2S. The number of hydrogen-bond donors (Lipinski definition) is 1. The molecule has 0 saturated heterocycles. The number of hydrogen-bond acceptors (Lipinski definition) is 5. The number of benzene rings is 1. The van der Waals surface area contributed by atoms with Gasteiger partial charge in [-0.15, -0.1) is 11.3 Å². The first-order valence-corrected chi connectivity index (χ1v) is 9.29. The molecule has 0 saturated carbocycles. The second kappa shape index (κ2) is 7.16. The maximum Gasteiger partial charge on any atom is 0.271 e. The number of para-hydroxylation sites is 1. The van der Waals surface area contributed by atoms with Crippen LogP contribution >= 0.6 is 11.3 Å². The van der Waals surface area contributed by atoms with E-state index in [9.17, 15) is 9.59 Å². The van der Waals surface area contributed by atoms with Gasteiger partial charge in [0.1, 0.15) is 17.1 Å². The van der Waals surface area contributed by atoms with E-state index in [4.69, 9.17) is 0 Å². The van der Waals surface area contributed by atoms with Gasteiger partial charge in [-0.25, -0.2) is 9.97 Å². The first kappa shape index (κ1) is 17.2. The summed E-state index contributed by atoms with van der Waals surface area (Å²) in [4.78, 5) is 33.2. The predicted octanol–water partition coefficient (Wildman–Crippen LogP) is 2.27. The SMILES string of the molecule is Cc1nccn1-c1ccccc1CNC(=O)Cn1cnc2ccsc2c1=O. The summed E-state index contributed by atoms with van der Waals surface area (Å²) in [5, 5.41) is 4.70. The van der Waals surface area contributed by atoms with Crippen molar-refractivity contribution in [2.24, 2.45) is 0 Å². The van der Waals surface area contributed by atoms with Crippen molar-refractivity contribution in [2.45, 2.75) is 20.0 Å². The Morgan fingerprint density at radius 1 is 1.22 bits per heavy atom. The zero-order chi connectivity index (χ0) is 18.8. The zero-order valence-electron chi connectivity index (χ0n) is 14.6.